The van der Waals surface area contributed by atoms with Crippen molar-refractivity contribution < 1.29 is 42.1 Å². The summed E-state index contributed by atoms with van der Waals surface area (Å²) in [6, 6.07) is 0. The van der Waals surface area contributed by atoms with E-state index in [1.54, 1.807) is 0 Å². The van der Waals surface area contributed by atoms with Gasteiger partial charge in [-0.05, 0) is 70.6 Å². The normalized spacial score (nSPS) is 13.8. The number of rotatable bonds is 46. The molecule has 62 heavy (non-hydrogen) atoms. The number of likely N-dealkylation sites (N-methyl/N-ethyl adjacent to an activating group) is 1. The van der Waals surface area contributed by atoms with Crippen molar-refractivity contribution in [2.75, 3.05) is 47.5 Å². The number of nitrogens with zero attached hydrogens (tertiary/aromatic N) is 1. The molecule has 0 radical (unpaired) electrons. The third-order valence-corrected chi connectivity index (χ3v) is 11.8. The highest BCUT2D eigenvalue weighted by Gasteiger charge is 2.21. The lowest BCUT2D eigenvalue weighted by molar-refractivity contribution is -0.870. The molecule has 0 heterocycles. The molecule has 0 aromatic rings. The van der Waals surface area contributed by atoms with Gasteiger partial charge in [-0.3, -0.25) is 14.2 Å². The molecule has 0 N–H and O–H groups in total. The zero-order valence-corrected chi connectivity index (χ0v) is 41.7. The SMILES string of the molecule is CC/C=C\C/C=C\C/C=C\CCCCCCCCCC(=O)OC(COC(=O)CCCCCCCCCCC/C=C\CCCCCCCCCC)COP(=O)([O-])OCC[N+](C)(C)C. The predicted molar refractivity (Wildman–Crippen MR) is 259 cm³/mol. The number of hydrogen-bond donors (Lipinski definition) is 0. The fourth-order valence-corrected chi connectivity index (χ4v) is 7.63. The summed E-state index contributed by atoms with van der Waals surface area (Å²) >= 11 is 0. The second-order valence-electron chi connectivity index (χ2n) is 18.1. The first-order valence-electron chi connectivity index (χ1n) is 25.3. The van der Waals surface area contributed by atoms with Crippen molar-refractivity contribution in [3.05, 3.63) is 48.6 Å². The summed E-state index contributed by atoms with van der Waals surface area (Å²) in [6.07, 6.45) is 52.8. The average Bonchev–Trinajstić information content (AvgIpc) is 3.23. The van der Waals surface area contributed by atoms with Crippen LogP contribution in [0.15, 0.2) is 48.6 Å². The Kier molecular flexibility index (Phi) is 42.7. The topological polar surface area (TPSA) is 111 Å². The molecule has 10 heteroatoms. The van der Waals surface area contributed by atoms with Gasteiger partial charge in [0.05, 0.1) is 27.7 Å². The van der Waals surface area contributed by atoms with E-state index in [1.165, 1.54) is 122 Å². The molecule has 0 saturated carbocycles. The van der Waals surface area contributed by atoms with Gasteiger partial charge in [-0.1, -0.05) is 184 Å². The summed E-state index contributed by atoms with van der Waals surface area (Å²) in [5, 5.41) is 0. The van der Waals surface area contributed by atoms with Crippen molar-refractivity contribution in [2.24, 2.45) is 0 Å². The van der Waals surface area contributed by atoms with E-state index in [-0.39, 0.29) is 32.0 Å². The smallest absolute Gasteiger partial charge is 0.306 e. The van der Waals surface area contributed by atoms with Gasteiger partial charge >= 0.3 is 11.9 Å². The highest BCUT2D eigenvalue weighted by molar-refractivity contribution is 7.45. The summed E-state index contributed by atoms with van der Waals surface area (Å²) in [4.78, 5) is 37.7. The van der Waals surface area contributed by atoms with Gasteiger partial charge in [0.25, 0.3) is 7.82 Å². The van der Waals surface area contributed by atoms with Crippen molar-refractivity contribution in [3.8, 4) is 0 Å². The molecule has 0 bridgehead atoms. The Balaban J connectivity index is 4.25. The van der Waals surface area contributed by atoms with Gasteiger partial charge in [0.2, 0.25) is 0 Å². The molecule has 0 aromatic heterocycles. The van der Waals surface area contributed by atoms with Crippen molar-refractivity contribution in [1.82, 2.24) is 0 Å². The van der Waals surface area contributed by atoms with Gasteiger partial charge in [-0.25, -0.2) is 0 Å². The standard InChI is InChI=1S/C52H96NO8P/c1-6-8-10-12-14-16-18-20-22-24-25-26-27-29-30-32-34-36-38-40-42-44-51(54)58-48-50(49-60-62(56,57)59-47-46-53(3,4)5)61-52(55)45-43-41-39-37-35-33-31-28-23-21-19-17-15-13-11-9-7-2/h9,11,15,17,21,23-25,50H,6-8,10,12-14,16,18-20,22,26-49H2,1-5H3/b11-9-,17-15-,23-21-,25-24-. The molecular formula is C52H96NO8P. The minimum absolute atomic E-state index is 0.0342. The Labute approximate surface area is 382 Å². The Morgan fingerprint density at radius 3 is 1.39 bits per heavy atom. The third kappa shape index (κ3) is 47.4. The van der Waals surface area contributed by atoms with E-state index < -0.39 is 26.5 Å². The molecule has 362 valence electrons. The van der Waals surface area contributed by atoms with Gasteiger partial charge in [0.1, 0.15) is 19.8 Å². The molecular weight excluding hydrogens is 798 g/mol. The molecule has 2 unspecified atom stereocenters. The molecule has 0 aromatic carbocycles. The number of unbranched alkanes of at least 4 members (excludes halogenated alkanes) is 24. The van der Waals surface area contributed by atoms with Gasteiger partial charge in [0, 0.05) is 12.8 Å². The van der Waals surface area contributed by atoms with Gasteiger partial charge in [-0.2, -0.15) is 0 Å². The fourth-order valence-electron chi connectivity index (χ4n) is 6.90. The van der Waals surface area contributed by atoms with E-state index in [0.29, 0.717) is 17.4 Å². The molecule has 0 rings (SSSR count). The molecule has 0 spiro atoms. The lowest BCUT2D eigenvalue weighted by atomic mass is 10.1. The average molecular weight is 894 g/mol. The maximum absolute atomic E-state index is 12.7. The number of hydrogen-bond acceptors (Lipinski definition) is 8. The maximum atomic E-state index is 12.7. The predicted octanol–water partition coefficient (Wildman–Crippen LogP) is 14.4. The minimum atomic E-state index is -4.63. The largest absolute Gasteiger partial charge is 0.756 e. The third-order valence-electron chi connectivity index (χ3n) is 10.8. The number of phosphoric ester groups is 1. The monoisotopic (exact) mass is 894 g/mol. The van der Waals surface area contributed by atoms with Crippen LogP contribution in [0.2, 0.25) is 0 Å². The summed E-state index contributed by atoms with van der Waals surface area (Å²) in [5.74, 6) is -0.844. The molecule has 0 aliphatic carbocycles. The Morgan fingerprint density at radius 2 is 0.919 bits per heavy atom. The number of quaternary nitrogens is 1. The van der Waals surface area contributed by atoms with Crippen LogP contribution in [-0.2, 0) is 32.7 Å². The second-order valence-corrected chi connectivity index (χ2v) is 19.6. The van der Waals surface area contributed by atoms with Crippen molar-refractivity contribution >= 4 is 19.8 Å². The van der Waals surface area contributed by atoms with E-state index in [9.17, 15) is 19.0 Å². The van der Waals surface area contributed by atoms with Crippen LogP contribution in [0.5, 0.6) is 0 Å². The van der Waals surface area contributed by atoms with Crippen LogP contribution < -0.4 is 4.89 Å². The van der Waals surface area contributed by atoms with Gasteiger partial charge < -0.3 is 27.9 Å². The molecule has 0 fully saturated rings. The number of carbonyl (C=O) groups excluding carboxylic acids is 2. The number of carbonyl (C=O) groups is 2. The van der Waals surface area contributed by atoms with Crippen LogP contribution in [0.4, 0.5) is 0 Å². The molecule has 0 amide bonds. The van der Waals surface area contributed by atoms with Crippen LogP contribution in [0.3, 0.4) is 0 Å². The Bertz CT molecular complexity index is 1190. The van der Waals surface area contributed by atoms with E-state index in [1.807, 2.05) is 21.1 Å². The highest BCUT2D eigenvalue weighted by atomic mass is 31.2. The summed E-state index contributed by atoms with van der Waals surface area (Å²) < 4.78 is 34.0. The summed E-state index contributed by atoms with van der Waals surface area (Å²) in [6.45, 7) is 4.12. The quantitative estimate of drug-likeness (QED) is 0.0195. The first kappa shape index (κ1) is 60.0. The number of esters is 2. The fraction of sp³-hybridized carbons (Fsp3) is 0.808. The highest BCUT2D eigenvalue weighted by Crippen LogP contribution is 2.38. The Morgan fingerprint density at radius 1 is 0.516 bits per heavy atom. The van der Waals surface area contributed by atoms with Crippen molar-refractivity contribution in [3.63, 3.8) is 0 Å². The zero-order chi connectivity index (χ0) is 45.7. The van der Waals surface area contributed by atoms with Crippen LogP contribution in [0, 0.1) is 0 Å². The second kappa shape index (κ2) is 44.2. The van der Waals surface area contributed by atoms with Crippen LogP contribution in [0.1, 0.15) is 219 Å². The van der Waals surface area contributed by atoms with Crippen molar-refractivity contribution in [2.45, 2.75) is 225 Å². The van der Waals surface area contributed by atoms with Crippen LogP contribution >= 0.6 is 7.82 Å². The van der Waals surface area contributed by atoms with E-state index in [2.05, 4.69) is 62.5 Å². The van der Waals surface area contributed by atoms with Crippen LogP contribution in [0.25, 0.3) is 0 Å². The summed E-state index contributed by atoms with van der Waals surface area (Å²) in [7, 11) is 1.16. The number of ether oxygens (including phenoxy) is 2. The maximum Gasteiger partial charge on any atom is 0.306 e. The van der Waals surface area contributed by atoms with Gasteiger partial charge in [0.15, 0.2) is 6.10 Å². The molecule has 0 aliphatic rings. The molecule has 2 atom stereocenters. The lowest BCUT2D eigenvalue weighted by Gasteiger charge is -2.28. The number of phosphoric acid groups is 1. The van der Waals surface area contributed by atoms with E-state index in [0.717, 1.165) is 64.2 Å². The van der Waals surface area contributed by atoms with Crippen molar-refractivity contribution in [1.29, 1.82) is 0 Å². The van der Waals surface area contributed by atoms with Crippen LogP contribution in [-0.4, -0.2) is 70.0 Å². The van der Waals surface area contributed by atoms with E-state index >= 15 is 0 Å². The zero-order valence-electron chi connectivity index (χ0n) is 40.8. The minimum Gasteiger partial charge on any atom is -0.756 e. The van der Waals surface area contributed by atoms with E-state index in [4.69, 9.17) is 18.5 Å². The molecule has 0 aliphatic heterocycles. The summed E-state index contributed by atoms with van der Waals surface area (Å²) in [5.41, 5.74) is 0. The first-order chi connectivity index (χ1) is 30.0. The lowest BCUT2D eigenvalue weighted by Crippen LogP contribution is -2.37. The molecule has 9 nitrogen and oxygen atoms in total. The Hall–Kier alpha value is -2.03. The number of allylic oxidation sites excluding steroid dienone is 8. The molecule has 0 saturated heterocycles. The first-order valence-corrected chi connectivity index (χ1v) is 26.8. The van der Waals surface area contributed by atoms with Gasteiger partial charge in [-0.15, -0.1) is 0 Å².